The average molecular weight is 311 g/mol. The van der Waals surface area contributed by atoms with Gasteiger partial charge in [-0.15, -0.1) is 6.58 Å². The molecule has 0 bridgehead atoms. The van der Waals surface area contributed by atoms with Crippen molar-refractivity contribution in [2.75, 3.05) is 25.5 Å². The number of halogens is 1. The van der Waals surface area contributed by atoms with Crippen LogP contribution in [0.3, 0.4) is 0 Å². The molecule has 0 radical (unpaired) electrons. The first-order valence-corrected chi connectivity index (χ1v) is 6.77. The van der Waals surface area contributed by atoms with Crippen LogP contribution in [0, 0.1) is 6.92 Å². The maximum absolute atomic E-state index is 12.0. The van der Waals surface area contributed by atoms with E-state index in [4.69, 9.17) is 16.3 Å². The van der Waals surface area contributed by atoms with Gasteiger partial charge in [0.15, 0.2) is 0 Å². The average Bonchev–Trinajstić information content (AvgIpc) is 2.42. The molecule has 0 saturated heterocycles. The van der Waals surface area contributed by atoms with Gasteiger partial charge in [-0.1, -0.05) is 17.7 Å². The summed E-state index contributed by atoms with van der Waals surface area (Å²) in [5, 5.41) is 3.28. The molecule has 0 atom stereocenters. The van der Waals surface area contributed by atoms with Crippen molar-refractivity contribution in [1.29, 1.82) is 0 Å². The number of carbonyl (C=O) groups is 2. The van der Waals surface area contributed by atoms with Crippen LogP contribution in [0.1, 0.15) is 12.5 Å². The number of rotatable bonds is 6. The van der Waals surface area contributed by atoms with Crippen LogP contribution < -0.4 is 10.1 Å². The summed E-state index contributed by atoms with van der Waals surface area (Å²) in [6.45, 7) is 7.07. The van der Waals surface area contributed by atoms with Crippen molar-refractivity contribution in [3.05, 3.63) is 35.4 Å². The van der Waals surface area contributed by atoms with E-state index in [0.29, 0.717) is 23.0 Å². The first-order valence-electron chi connectivity index (χ1n) is 6.39. The summed E-state index contributed by atoms with van der Waals surface area (Å²) in [5.41, 5.74) is 1.34. The number of carbonyl (C=O) groups excluding carboxylic acids is 2. The van der Waals surface area contributed by atoms with E-state index in [9.17, 15) is 9.59 Å². The number of anilines is 1. The summed E-state index contributed by atoms with van der Waals surface area (Å²) >= 11 is 6.01. The molecule has 0 aliphatic rings. The zero-order valence-electron chi connectivity index (χ0n) is 12.4. The van der Waals surface area contributed by atoms with Crippen LogP contribution in [0.25, 0.3) is 0 Å². The van der Waals surface area contributed by atoms with Crippen molar-refractivity contribution in [3.8, 4) is 5.75 Å². The maximum atomic E-state index is 12.0. The van der Waals surface area contributed by atoms with Crippen molar-refractivity contribution in [3.63, 3.8) is 0 Å². The van der Waals surface area contributed by atoms with Gasteiger partial charge in [0.05, 0.1) is 12.8 Å². The zero-order valence-corrected chi connectivity index (χ0v) is 13.2. The highest BCUT2D eigenvalue weighted by molar-refractivity contribution is 6.31. The van der Waals surface area contributed by atoms with Crippen molar-refractivity contribution in [2.45, 2.75) is 13.8 Å². The summed E-state index contributed by atoms with van der Waals surface area (Å²) < 4.78 is 5.19. The predicted octanol–water partition coefficient (Wildman–Crippen LogP) is 2.63. The quantitative estimate of drug-likeness (QED) is 0.822. The number of hydrogen-bond donors (Lipinski definition) is 1. The molecule has 0 unspecified atom stereocenters. The molecule has 0 spiro atoms. The van der Waals surface area contributed by atoms with Gasteiger partial charge in [-0.05, 0) is 18.6 Å². The molecule has 2 amide bonds. The largest absolute Gasteiger partial charge is 0.495 e. The standard InChI is InChI=1S/C15H19ClN2O3/c1-5-6-18(11(3)19)9-15(20)17-13-7-10(2)12(16)8-14(13)21-4/h5,7-8H,1,6,9H2,2-4H3,(H,17,20). The Labute approximate surface area is 129 Å². The maximum Gasteiger partial charge on any atom is 0.244 e. The molecule has 0 heterocycles. The Kier molecular flexibility index (Phi) is 6.24. The van der Waals surface area contributed by atoms with Gasteiger partial charge in [0.25, 0.3) is 0 Å². The van der Waals surface area contributed by atoms with Crippen molar-refractivity contribution >= 4 is 29.1 Å². The Morgan fingerprint density at radius 1 is 1.48 bits per heavy atom. The highest BCUT2D eigenvalue weighted by Crippen LogP contribution is 2.30. The van der Waals surface area contributed by atoms with Crippen molar-refractivity contribution in [2.24, 2.45) is 0 Å². The molecule has 1 aromatic carbocycles. The third-order valence-electron chi connectivity index (χ3n) is 2.88. The lowest BCUT2D eigenvalue weighted by Crippen LogP contribution is -2.36. The number of hydrogen-bond acceptors (Lipinski definition) is 3. The van der Waals surface area contributed by atoms with Gasteiger partial charge in [-0.2, -0.15) is 0 Å². The monoisotopic (exact) mass is 310 g/mol. The van der Waals surface area contributed by atoms with Crippen LogP contribution in [-0.2, 0) is 9.59 Å². The van der Waals surface area contributed by atoms with E-state index in [2.05, 4.69) is 11.9 Å². The first-order chi connectivity index (χ1) is 9.88. The Morgan fingerprint density at radius 2 is 2.14 bits per heavy atom. The van der Waals surface area contributed by atoms with E-state index in [0.717, 1.165) is 5.56 Å². The molecule has 0 aliphatic carbocycles. The molecule has 0 saturated carbocycles. The molecule has 21 heavy (non-hydrogen) atoms. The van der Waals surface area contributed by atoms with Gasteiger partial charge in [0.1, 0.15) is 12.3 Å². The lowest BCUT2D eigenvalue weighted by atomic mass is 10.2. The summed E-state index contributed by atoms with van der Waals surface area (Å²) in [5.74, 6) is -0.0339. The second-order valence-electron chi connectivity index (χ2n) is 4.54. The smallest absolute Gasteiger partial charge is 0.244 e. The lowest BCUT2D eigenvalue weighted by molar-refractivity contribution is -0.132. The van der Waals surface area contributed by atoms with E-state index < -0.39 is 0 Å². The van der Waals surface area contributed by atoms with Crippen LogP contribution >= 0.6 is 11.6 Å². The molecule has 5 nitrogen and oxygen atoms in total. The van der Waals surface area contributed by atoms with Gasteiger partial charge in [-0.3, -0.25) is 9.59 Å². The third kappa shape index (κ3) is 4.79. The second kappa shape index (κ2) is 7.69. The van der Waals surface area contributed by atoms with Gasteiger partial charge in [-0.25, -0.2) is 0 Å². The molecule has 0 fully saturated rings. The van der Waals surface area contributed by atoms with E-state index in [-0.39, 0.29) is 18.4 Å². The molecule has 0 aromatic heterocycles. The van der Waals surface area contributed by atoms with Gasteiger partial charge in [0, 0.05) is 24.6 Å². The van der Waals surface area contributed by atoms with Crippen LogP contribution in [0.5, 0.6) is 5.75 Å². The number of benzene rings is 1. The first kappa shape index (κ1) is 17.0. The lowest BCUT2D eigenvalue weighted by Gasteiger charge is -2.19. The topological polar surface area (TPSA) is 58.6 Å². The van der Waals surface area contributed by atoms with E-state index in [1.807, 2.05) is 6.92 Å². The molecular formula is C15H19ClN2O3. The van der Waals surface area contributed by atoms with E-state index in [1.165, 1.54) is 18.9 Å². The second-order valence-corrected chi connectivity index (χ2v) is 4.95. The number of nitrogens with one attached hydrogen (secondary N) is 1. The molecule has 0 aliphatic heterocycles. The molecule has 1 aromatic rings. The Morgan fingerprint density at radius 3 is 2.67 bits per heavy atom. The zero-order chi connectivity index (χ0) is 16.0. The Bertz CT molecular complexity index is 558. The van der Waals surface area contributed by atoms with Crippen LogP contribution in [0.2, 0.25) is 5.02 Å². The Hall–Kier alpha value is -2.01. The van der Waals surface area contributed by atoms with Crippen molar-refractivity contribution < 1.29 is 14.3 Å². The van der Waals surface area contributed by atoms with Gasteiger partial charge >= 0.3 is 0 Å². The van der Waals surface area contributed by atoms with Crippen LogP contribution in [0.15, 0.2) is 24.8 Å². The van der Waals surface area contributed by atoms with Crippen LogP contribution in [-0.4, -0.2) is 36.9 Å². The number of amides is 2. The van der Waals surface area contributed by atoms with Crippen LogP contribution in [0.4, 0.5) is 5.69 Å². The summed E-state index contributed by atoms with van der Waals surface area (Å²) in [4.78, 5) is 24.8. The molecular weight excluding hydrogens is 292 g/mol. The minimum atomic E-state index is -0.313. The van der Waals surface area contributed by atoms with E-state index >= 15 is 0 Å². The van der Waals surface area contributed by atoms with Crippen molar-refractivity contribution in [1.82, 2.24) is 4.90 Å². The normalized spacial score (nSPS) is 9.90. The van der Waals surface area contributed by atoms with Gasteiger partial charge in [0.2, 0.25) is 11.8 Å². The number of methoxy groups -OCH3 is 1. The Balaban J connectivity index is 2.85. The molecule has 114 valence electrons. The summed E-state index contributed by atoms with van der Waals surface area (Å²) in [7, 11) is 1.50. The highest BCUT2D eigenvalue weighted by Gasteiger charge is 2.15. The molecule has 1 rings (SSSR count). The highest BCUT2D eigenvalue weighted by atomic mass is 35.5. The third-order valence-corrected chi connectivity index (χ3v) is 3.29. The fraction of sp³-hybridized carbons (Fsp3) is 0.333. The minimum absolute atomic E-state index is 0.0494. The fourth-order valence-corrected chi connectivity index (χ4v) is 1.91. The molecule has 6 heteroatoms. The number of aryl methyl sites for hydroxylation is 1. The summed E-state index contributed by atoms with van der Waals surface area (Å²) in [6.07, 6.45) is 1.57. The van der Waals surface area contributed by atoms with E-state index in [1.54, 1.807) is 18.2 Å². The number of nitrogens with zero attached hydrogens (tertiary/aromatic N) is 1. The summed E-state index contributed by atoms with van der Waals surface area (Å²) in [6, 6.07) is 3.36. The predicted molar refractivity (Wildman–Crippen MR) is 83.8 cm³/mol. The number of ether oxygens (including phenoxy) is 1. The fourth-order valence-electron chi connectivity index (χ4n) is 1.75. The minimum Gasteiger partial charge on any atom is -0.495 e. The SMILES string of the molecule is C=CCN(CC(=O)Nc1cc(C)c(Cl)cc1OC)C(C)=O. The molecule has 1 N–H and O–H groups in total. The van der Waals surface area contributed by atoms with Gasteiger partial charge < -0.3 is 15.0 Å².